The van der Waals surface area contributed by atoms with Gasteiger partial charge < -0.3 is 5.73 Å². The highest BCUT2D eigenvalue weighted by Gasteiger charge is 2.20. The van der Waals surface area contributed by atoms with Crippen molar-refractivity contribution in [1.82, 2.24) is 0 Å². The molecule has 7 heteroatoms. The first-order valence-corrected chi connectivity index (χ1v) is 8.54. The van der Waals surface area contributed by atoms with Crippen LogP contribution in [-0.4, -0.2) is 8.42 Å². The molecule has 0 aliphatic heterocycles. The van der Waals surface area contributed by atoms with Crippen LogP contribution in [0.2, 0.25) is 4.34 Å². The van der Waals surface area contributed by atoms with Crippen LogP contribution < -0.4 is 10.5 Å². The molecular formula is C13H15ClN2O2S2. The molecule has 1 aromatic carbocycles. The molecule has 0 amide bonds. The van der Waals surface area contributed by atoms with Crippen molar-refractivity contribution in [1.29, 1.82) is 0 Å². The normalized spacial score (nSPS) is 11.6. The van der Waals surface area contributed by atoms with E-state index in [1.54, 1.807) is 19.1 Å². The molecule has 0 aliphatic rings. The van der Waals surface area contributed by atoms with Crippen LogP contribution in [-0.2, 0) is 10.0 Å². The van der Waals surface area contributed by atoms with Crippen LogP contribution in [0, 0.1) is 20.8 Å². The van der Waals surface area contributed by atoms with Crippen LogP contribution in [0.5, 0.6) is 0 Å². The average Bonchev–Trinajstić information content (AvgIpc) is 2.71. The number of thiophene rings is 1. The molecule has 3 N–H and O–H groups in total. The molecule has 0 saturated heterocycles. The Morgan fingerprint density at radius 1 is 1.20 bits per heavy atom. The Morgan fingerprint density at radius 3 is 2.40 bits per heavy atom. The van der Waals surface area contributed by atoms with E-state index in [0.717, 1.165) is 28.0 Å². The molecule has 0 spiro atoms. The summed E-state index contributed by atoms with van der Waals surface area (Å²) in [6.45, 7) is 5.50. The van der Waals surface area contributed by atoms with Crippen LogP contribution in [0.4, 0.5) is 11.4 Å². The Labute approximate surface area is 127 Å². The molecule has 0 radical (unpaired) electrons. The topological polar surface area (TPSA) is 72.2 Å². The van der Waals surface area contributed by atoms with Gasteiger partial charge in [-0.1, -0.05) is 17.7 Å². The zero-order valence-electron chi connectivity index (χ0n) is 11.3. The Bertz CT molecular complexity index is 747. The number of hydrogen-bond donors (Lipinski definition) is 2. The zero-order chi connectivity index (χ0) is 15.1. The lowest BCUT2D eigenvalue weighted by Crippen LogP contribution is -2.14. The lowest BCUT2D eigenvalue weighted by molar-refractivity contribution is 0.603. The molecule has 0 fully saturated rings. The predicted molar refractivity (Wildman–Crippen MR) is 85.2 cm³/mol. The van der Waals surface area contributed by atoms with E-state index in [4.69, 9.17) is 17.3 Å². The highest BCUT2D eigenvalue weighted by atomic mass is 35.5. The first kappa shape index (κ1) is 15.2. The number of rotatable bonds is 3. The smallest absolute Gasteiger partial charge is 0.271 e. The predicted octanol–water partition coefficient (Wildman–Crippen LogP) is 3.71. The van der Waals surface area contributed by atoms with E-state index in [9.17, 15) is 8.42 Å². The van der Waals surface area contributed by atoms with Crippen molar-refractivity contribution < 1.29 is 8.42 Å². The monoisotopic (exact) mass is 330 g/mol. The molecular weight excluding hydrogens is 316 g/mol. The first-order valence-electron chi connectivity index (χ1n) is 5.87. The minimum Gasteiger partial charge on any atom is -0.397 e. The van der Waals surface area contributed by atoms with Crippen molar-refractivity contribution in [2.75, 3.05) is 10.5 Å². The number of nitrogens with one attached hydrogen (secondary N) is 1. The zero-order valence-corrected chi connectivity index (χ0v) is 13.7. The third kappa shape index (κ3) is 2.77. The standard InChI is InChI=1S/C13H15ClN2O2S2/c1-7-4-5-10(15)12(9(7)3)16-20(17,18)11-6-8(2)13(14)19-11/h4-6,16H,15H2,1-3H3. The molecule has 0 aliphatic carbocycles. The van der Waals surface area contributed by atoms with Gasteiger partial charge in [-0.05, 0) is 49.6 Å². The number of anilines is 2. The summed E-state index contributed by atoms with van der Waals surface area (Å²) in [5.41, 5.74) is 9.21. The third-order valence-electron chi connectivity index (χ3n) is 3.10. The summed E-state index contributed by atoms with van der Waals surface area (Å²) in [6, 6.07) is 5.10. The molecule has 0 unspecified atom stereocenters. The summed E-state index contributed by atoms with van der Waals surface area (Å²) in [7, 11) is -3.67. The molecule has 0 bridgehead atoms. The van der Waals surface area contributed by atoms with E-state index >= 15 is 0 Å². The van der Waals surface area contributed by atoms with Crippen LogP contribution in [0.25, 0.3) is 0 Å². The minimum absolute atomic E-state index is 0.181. The van der Waals surface area contributed by atoms with Gasteiger partial charge in [-0.2, -0.15) is 0 Å². The first-order chi connectivity index (χ1) is 9.22. The average molecular weight is 331 g/mol. The quantitative estimate of drug-likeness (QED) is 0.843. The highest BCUT2D eigenvalue weighted by Crippen LogP contribution is 2.33. The van der Waals surface area contributed by atoms with E-state index in [2.05, 4.69) is 4.72 Å². The fraction of sp³-hybridized carbons (Fsp3) is 0.231. The fourth-order valence-electron chi connectivity index (χ4n) is 1.72. The summed E-state index contributed by atoms with van der Waals surface area (Å²) < 4.78 is 27.9. The van der Waals surface area contributed by atoms with Gasteiger partial charge in [0.15, 0.2) is 0 Å². The lowest BCUT2D eigenvalue weighted by Gasteiger charge is -2.13. The third-order valence-corrected chi connectivity index (χ3v) is 6.48. The van der Waals surface area contributed by atoms with Crippen molar-refractivity contribution in [3.05, 3.63) is 39.2 Å². The summed E-state index contributed by atoms with van der Waals surface area (Å²) in [4.78, 5) is 0. The number of hydrogen-bond acceptors (Lipinski definition) is 4. The lowest BCUT2D eigenvalue weighted by atomic mass is 10.1. The second-order valence-electron chi connectivity index (χ2n) is 4.60. The van der Waals surface area contributed by atoms with Gasteiger partial charge in [0.1, 0.15) is 4.21 Å². The van der Waals surface area contributed by atoms with Crippen LogP contribution in [0.1, 0.15) is 16.7 Å². The van der Waals surface area contributed by atoms with Gasteiger partial charge in [0.2, 0.25) is 0 Å². The molecule has 1 heterocycles. The van der Waals surface area contributed by atoms with Crippen LogP contribution in [0.3, 0.4) is 0 Å². The molecule has 20 heavy (non-hydrogen) atoms. The molecule has 2 aromatic rings. The van der Waals surface area contributed by atoms with E-state index in [0.29, 0.717) is 15.7 Å². The van der Waals surface area contributed by atoms with E-state index in [1.807, 2.05) is 19.9 Å². The molecule has 0 saturated carbocycles. The SMILES string of the molecule is Cc1cc(S(=O)(=O)Nc2c(N)ccc(C)c2C)sc1Cl. The molecule has 2 rings (SSSR count). The van der Waals surface area contributed by atoms with Crippen molar-refractivity contribution in [3.8, 4) is 0 Å². The number of benzene rings is 1. The molecule has 108 valence electrons. The molecule has 4 nitrogen and oxygen atoms in total. The summed E-state index contributed by atoms with van der Waals surface area (Å²) >= 11 is 6.96. The van der Waals surface area contributed by atoms with Crippen molar-refractivity contribution >= 4 is 44.3 Å². The second-order valence-corrected chi connectivity index (χ2v) is 8.16. The van der Waals surface area contributed by atoms with Gasteiger partial charge in [-0.3, -0.25) is 4.72 Å². The van der Waals surface area contributed by atoms with E-state index in [-0.39, 0.29) is 4.21 Å². The van der Waals surface area contributed by atoms with Gasteiger partial charge in [0, 0.05) is 0 Å². The molecule has 1 aromatic heterocycles. The van der Waals surface area contributed by atoms with Crippen molar-refractivity contribution in [2.24, 2.45) is 0 Å². The van der Waals surface area contributed by atoms with Gasteiger partial charge in [-0.25, -0.2) is 8.42 Å². The summed E-state index contributed by atoms with van der Waals surface area (Å²) in [5, 5.41) is 0. The highest BCUT2D eigenvalue weighted by molar-refractivity contribution is 7.94. The van der Waals surface area contributed by atoms with E-state index in [1.165, 1.54) is 0 Å². The van der Waals surface area contributed by atoms with Crippen LogP contribution in [0.15, 0.2) is 22.4 Å². The minimum atomic E-state index is -3.67. The number of sulfonamides is 1. The molecule has 0 atom stereocenters. The van der Waals surface area contributed by atoms with Gasteiger partial charge in [-0.15, -0.1) is 11.3 Å². The van der Waals surface area contributed by atoms with Gasteiger partial charge >= 0.3 is 0 Å². The summed E-state index contributed by atoms with van der Waals surface area (Å²) in [5.74, 6) is 0. The maximum Gasteiger partial charge on any atom is 0.271 e. The maximum atomic E-state index is 12.4. The maximum absolute atomic E-state index is 12.4. The second kappa shape index (κ2) is 5.27. The number of halogens is 1. The Morgan fingerprint density at radius 2 is 1.85 bits per heavy atom. The van der Waals surface area contributed by atoms with Gasteiger partial charge in [0.25, 0.3) is 10.0 Å². The Balaban J connectivity index is 2.46. The van der Waals surface area contributed by atoms with E-state index < -0.39 is 10.0 Å². The number of aryl methyl sites for hydroxylation is 2. The van der Waals surface area contributed by atoms with Crippen molar-refractivity contribution in [2.45, 2.75) is 25.0 Å². The van der Waals surface area contributed by atoms with Gasteiger partial charge in [0.05, 0.1) is 15.7 Å². The number of nitrogen functional groups attached to an aromatic ring is 1. The largest absolute Gasteiger partial charge is 0.397 e. The fourth-order valence-corrected chi connectivity index (χ4v) is 4.58. The summed E-state index contributed by atoms with van der Waals surface area (Å²) in [6.07, 6.45) is 0. The Hall–Kier alpha value is -1.24. The van der Waals surface area contributed by atoms with Crippen LogP contribution >= 0.6 is 22.9 Å². The Kier molecular flexibility index (Phi) is 4.00. The van der Waals surface area contributed by atoms with Crippen molar-refractivity contribution in [3.63, 3.8) is 0 Å². The number of nitrogens with two attached hydrogens (primary N) is 1.